The van der Waals surface area contributed by atoms with Crippen molar-refractivity contribution >= 4 is 11.9 Å². The summed E-state index contributed by atoms with van der Waals surface area (Å²) in [7, 11) is 0. The van der Waals surface area contributed by atoms with Crippen LogP contribution in [0.3, 0.4) is 0 Å². The summed E-state index contributed by atoms with van der Waals surface area (Å²) in [4.78, 5) is 29.3. The smallest absolute Gasteiger partial charge is 0.339 e. The van der Waals surface area contributed by atoms with Gasteiger partial charge in [0.15, 0.2) is 0 Å². The maximum Gasteiger partial charge on any atom is 0.405 e. The summed E-state index contributed by atoms with van der Waals surface area (Å²) in [6.07, 6.45) is -1.20. The monoisotopic (exact) mass is 350 g/mol. The van der Waals surface area contributed by atoms with Gasteiger partial charge in [0, 0.05) is 38.8 Å². The van der Waals surface area contributed by atoms with Crippen LogP contribution in [0.25, 0.3) is 0 Å². The highest BCUT2D eigenvalue weighted by atomic mass is 19.4. The van der Waals surface area contributed by atoms with Crippen LogP contribution < -0.4 is 5.32 Å². The number of piperidine rings is 1. The molecule has 0 bridgehead atoms. The van der Waals surface area contributed by atoms with Crippen molar-refractivity contribution in [1.29, 1.82) is 0 Å². The molecule has 1 N–H and O–H groups in total. The molecule has 3 amide bonds. The lowest BCUT2D eigenvalue weighted by atomic mass is 10.0. The summed E-state index contributed by atoms with van der Waals surface area (Å²) in [5, 5.41) is 1.87. The molecule has 1 atom stereocenters. The molecule has 0 aromatic rings. The largest absolute Gasteiger partial charge is 0.405 e. The Morgan fingerprint density at radius 1 is 1.08 bits per heavy atom. The van der Waals surface area contributed by atoms with Crippen molar-refractivity contribution in [2.24, 2.45) is 0 Å². The molecule has 24 heavy (non-hydrogen) atoms. The quantitative estimate of drug-likeness (QED) is 0.834. The number of nitrogens with one attached hydrogen (secondary N) is 1. The fraction of sp³-hybridized carbons (Fsp3) is 0.867. The first-order valence-electron chi connectivity index (χ1n) is 8.37. The summed E-state index contributed by atoms with van der Waals surface area (Å²) >= 11 is 0. The third-order valence-electron chi connectivity index (χ3n) is 4.58. The van der Waals surface area contributed by atoms with Crippen LogP contribution in [-0.2, 0) is 4.79 Å². The number of carbonyl (C=O) groups is 2. The van der Waals surface area contributed by atoms with E-state index in [1.54, 1.807) is 0 Å². The molecule has 0 radical (unpaired) electrons. The summed E-state index contributed by atoms with van der Waals surface area (Å²) in [6.45, 7) is 3.47. The van der Waals surface area contributed by atoms with Crippen molar-refractivity contribution in [3.05, 3.63) is 0 Å². The molecule has 2 fully saturated rings. The van der Waals surface area contributed by atoms with E-state index < -0.39 is 18.8 Å². The first kappa shape index (κ1) is 18.8. The third-order valence-corrected chi connectivity index (χ3v) is 4.58. The maximum atomic E-state index is 12.4. The Morgan fingerprint density at radius 3 is 2.33 bits per heavy atom. The van der Waals surface area contributed by atoms with Crippen molar-refractivity contribution in [2.75, 3.05) is 45.8 Å². The van der Waals surface area contributed by atoms with Crippen LogP contribution >= 0.6 is 0 Å². The minimum absolute atomic E-state index is 0.0946. The average molecular weight is 350 g/mol. The lowest BCUT2D eigenvalue weighted by Crippen LogP contribution is -2.55. The highest BCUT2D eigenvalue weighted by molar-refractivity contribution is 5.79. The molecule has 0 aliphatic carbocycles. The SMILES string of the molecule is CC1CCCCN1C(=O)CN1CCN(C(=O)NCC(F)(F)F)CC1. The van der Waals surface area contributed by atoms with Crippen molar-refractivity contribution < 1.29 is 22.8 Å². The molecule has 2 heterocycles. The number of likely N-dealkylation sites (tertiary alicyclic amines) is 1. The van der Waals surface area contributed by atoms with Gasteiger partial charge in [-0.2, -0.15) is 13.2 Å². The lowest BCUT2D eigenvalue weighted by molar-refractivity contribution is -0.136. The van der Waals surface area contributed by atoms with E-state index in [9.17, 15) is 22.8 Å². The Balaban J connectivity index is 1.72. The van der Waals surface area contributed by atoms with Crippen LogP contribution in [0.1, 0.15) is 26.2 Å². The first-order valence-corrected chi connectivity index (χ1v) is 8.37. The fourth-order valence-electron chi connectivity index (χ4n) is 3.15. The van der Waals surface area contributed by atoms with E-state index in [-0.39, 0.29) is 11.9 Å². The molecule has 2 saturated heterocycles. The van der Waals surface area contributed by atoms with E-state index in [0.717, 1.165) is 25.8 Å². The molecule has 1 unspecified atom stereocenters. The van der Waals surface area contributed by atoms with Crippen LogP contribution in [-0.4, -0.2) is 84.7 Å². The van der Waals surface area contributed by atoms with E-state index >= 15 is 0 Å². The van der Waals surface area contributed by atoms with Gasteiger partial charge in [-0.15, -0.1) is 0 Å². The van der Waals surface area contributed by atoms with Crippen LogP contribution in [0.2, 0.25) is 0 Å². The van der Waals surface area contributed by atoms with Gasteiger partial charge in [-0.3, -0.25) is 9.69 Å². The second-order valence-corrected chi connectivity index (χ2v) is 6.47. The van der Waals surface area contributed by atoms with Crippen molar-refractivity contribution in [3.63, 3.8) is 0 Å². The van der Waals surface area contributed by atoms with Crippen molar-refractivity contribution in [3.8, 4) is 0 Å². The Hall–Kier alpha value is -1.51. The highest BCUT2D eigenvalue weighted by Crippen LogP contribution is 2.17. The van der Waals surface area contributed by atoms with Gasteiger partial charge in [0.1, 0.15) is 6.54 Å². The van der Waals surface area contributed by atoms with Gasteiger partial charge >= 0.3 is 12.2 Å². The second-order valence-electron chi connectivity index (χ2n) is 6.47. The molecule has 2 rings (SSSR count). The fourth-order valence-corrected chi connectivity index (χ4v) is 3.15. The van der Waals surface area contributed by atoms with Crippen LogP contribution in [0.5, 0.6) is 0 Å². The molecule has 0 spiro atoms. The second kappa shape index (κ2) is 8.04. The Bertz CT molecular complexity index is 450. The van der Waals surface area contributed by atoms with E-state index in [1.165, 1.54) is 4.90 Å². The highest BCUT2D eigenvalue weighted by Gasteiger charge is 2.30. The van der Waals surface area contributed by atoms with Crippen LogP contribution in [0, 0.1) is 0 Å². The van der Waals surface area contributed by atoms with E-state index in [1.807, 2.05) is 15.1 Å². The number of carbonyl (C=O) groups excluding carboxylic acids is 2. The number of piperazine rings is 1. The van der Waals surface area contributed by atoms with Crippen LogP contribution in [0.4, 0.5) is 18.0 Å². The Kier molecular flexibility index (Phi) is 6.31. The molecule has 0 aromatic carbocycles. The summed E-state index contributed by atoms with van der Waals surface area (Å²) < 4.78 is 36.3. The third kappa shape index (κ3) is 5.54. The summed E-state index contributed by atoms with van der Waals surface area (Å²) in [5.74, 6) is 0.0946. The Morgan fingerprint density at radius 2 is 1.75 bits per heavy atom. The molecule has 0 aromatic heterocycles. The zero-order valence-corrected chi connectivity index (χ0v) is 13.9. The molecule has 2 aliphatic heterocycles. The maximum absolute atomic E-state index is 12.4. The van der Waals surface area contributed by atoms with E-state index in [2.05, 4.69) is 6.92 Å². The van der Waals surface area contributed by atoms with Crippen LogP contribution in [0.15, 0.2) is 0 Å². The summed E-state index contributed by atoms with van der Waals surface area (Å²) in [6, 6.07) is -0.441. The van der Waals surface area contributed by atoms with Crippen molar-refractivity contribution in [2.45, 2.75) is 38.4 Å². The number of halogens is 3. The number of urea groups is 1. The van der Waals surface area contributed by atoms with Gasteiger partial charge in [0.25, 0.3) is 0 Å². The van der Waals surface area contributed by atoms with E-state index in [4.69, 9.17) is 0 Å². The van der Waals surface area contributed by atoms with Gasteiger partial charge in [-0.25, -0.2) is 4.79 Å². The van der Waals surface area contributed by atoms with Crippen molar-refractivity contribution in [1.82, 2.24) is 20.0 Å². The normalized spacial score (nSPS) is 23.2. The van der Waals surface area contributed by atoms with Gasteiger partial charge in [0.2, 0.25) is 5.91 Å². The number of rotatable bonds is 3. The zero-order chi connectivity index (χ0) is 17.7. The minimum atomic E-state index is -4.41. The van der Waals surface area contributed by atoms with E-state index in [0.29, 0.717) is 32.7 Å². The predicted octanol–water partition coefficient (Wildman–Crippen LogP) is 1.28. The molecule has 6 nitrogen and oxygen atoms in total. The van der Waals surface area contributed by atoms with Gasteiger partial charge in [0.05, 0.1) is 6.54 Å². The minimum Gasteiger partial charge on any atom is -0.339 e. The molecule has 2 aliphatic rings. The Labute approximate surface area is 139 Å². The molecule has 138 valence electrons. The molecular formula is C15H25F3N4O2. The van der Waals surface area contributed by atoms with Gasteiger partial charge in [-0.1, -0.05) is 0 Å². The van der Waals surface area contributed by atoms with Gasteiger partial charge in [-0.05, 0) is 26.2 Å². The topological polar surface area (TPSA) is 55.9 Å². The van der Waals surface area contributed by atoms with Gasteiger partial charge < -0.3 is 15.1 Å². The number of hydrogen-bond donors (Lipinski definition) is 1. The molecule has 9 heteroatoms. The first-order chi connectivity index (χ1) is 11.3. The summed E-state index contributed by atoms with van der Waals surface area (Å²) in [5.41, 5.74) is 0. The predicted molar refractivity (Wildman–Crippen MR) is 82.5 cm³/mol. The number of nitrogens with zero attached hydrogens (tertiary/aromatic N) is 3. The molecular weight excluding hydrogens is 325 g/mol. The lowest BCUT2D eigenvalue weighted by Gasteiger charge is -2.38. The molecule has 0 saturated carbocycles. The zero-order valence-electron chi connectivity index (χ0n) is 13.9. The number of alkyl halides is 3. The average Bonchev–Trinajstić information content (AvgIpc) is 2.53. The number of hydrogen-bond acceptors (Lipinski definition) is 3. The standard InChI is InChI=1S/C15H25F3N4O2/c1-12-4-2-3-5-22(12)13(23)10-20-6-8-21(9-7-20)14(24)19-11-15(16,17)18/h12H,2-11H2,1H3,(H,19,24). The number of amides is 3.